The molecule has 1 aliphatic heterocycles. The molecule has 8 heteroatoms. The van der Waals surface area contributed by atoms with Crippen LogP contribution in [-0.4, -0.2) is 25.0 Å². The Labute approximate surface area is 156 Å². The highest BCUT2D eigenvalue weighted by atomic mass is 79.9. The second-order valence-corrected chi connectivity index (χ2v) is 6.51. The van der Waals surface area contributed by atoms with Crippen molar-refractivity contribution in [3.63, 3.8) is 0 Å². The lowest BCUT2D eigenvalue weighted by Crippen LogP contribution is -2.41. The first-order chi connectivity index (χ1) is 12.3. The highest BCUT2D eigenvalue weighted by molar-refractivity contribution is 9.10. The summed E-state index contributed by atoms with van der Waals surface area (Å²) in [5.41, 5.74) is -0.177. The maximum absolute atomic E-state index is 13.8. The number of rotatable bonds is 2. The van der Waals surface area contributed by atoms with Crippen LogP contribution in [0.15, 0.2) is 58.0 Å². The predicted molar refractivity (Wildman–Crippen MR) is 95.6 cm³/mol. The van der Waals surface area contributed by atoms with Gasteiger partial charge in [0, 0.05) is 4.47 Å². The third kappa shape index (κ3) is 3.46. The fourth-order valence-electron chi connectivity index (χ4n) is 2.90. The van der Waals surface area contributed by atoms with Gasteiger partial charge < -0.3 is 10.1 Å². The number of ether oxygens (including phenoxy) is 1. The van der Waals surface area contributed by atoms with Crippen LogP contribution in [0.5, 0.6) is 0 Å². The molecule has 1 heterocycles. The average Bonchev–Trinajstić information content (AvgIpc) is 2.78. The van der Waals surface area contributed by atoms with Gasteiger partial charge in [0.25, 0.3) is 0 Å². The summed E-state index contributed by atoms with van der Waals surface area (Å²) >= 11 is 3.35. The molecule has 4 nitrogen and oxygen atoms in total. The molecule has 0 aliphatic carbocycles. The van der Waals surface area contributed by atoms with Crippen molar-refractivity contribution in [2.45, 2.75) is 12.2 Å². The molecule has 26 heavy (non-hydrogen) atoms. The van der Waals surface area contributed by atoms with E-state index in [9.17, 15) is 18.0 Å². The van der Waals surface area contributed by atoms with E-state index in [2.05, 4.69) is 31.0 Å². The molecule has 2 atom stereocenters. The van der Waals surface area contributed by atoms with Crippen LogP contribution in [0.4, 0.5) is 24.5 Å². The molecule has 0 saturated carbocycles. The number of esters is 1. The lowest BCUT2D eigenvalue weighted by Gasteiger charge is -2.28. The number of para-hydroxylation sites is 2. The Bertz CT molecular complexity index is 868. The molecule has 2 aromatic rings. The number of nitrogens with zero attached hydrogens (tertiary/aromatic N) is 1. The number of aliphatic imine (C=N–C) groups is 1. The van der Waals surface area contributed by atoms with Crippen molar-refractivity contribution in [2.75, 3.05) is 12.4 Å². The summed E-state index contributed by atoms with van der Waals surface area (Å²) in [7, 11) is 1.06. The zero-order chi connectivity index (χ0) is 18.9. The molecular weight excluding hydrogens is 413 g/mol. The van der Waals surface area contributed by atoms with Crippen molar-refractivity contribution in [3.8, 4) is 0 Å². The number of hydrogen-bond donors (Lipinski definition) is 1. The van der Waals surface area contributed by atoms with Gasteiger partial charge in [0.15, 0.2) is 0 Å². The number of carbonyl (C=O) groups is 1. The van der Waals surface area contributed by atoms with Crippen LogP contribution in [0.3, 0.4) is 0 Å². The maximum Gasteiger partial charge on any atom is 0.430 e. The quantitative estimate of drug-likeness (QED) is 0.684. The van der Waals surface area contributed by atoms with Crippen molar-refractivity contribution in [1.29, 1.82) is 0 Å². The first kappa shape index (κ1) is 18.4. The monoisotopic (exact) mass is 426 g/mol. The zero-order valence-corrected chi connectivity index (χ0v) is 15.1. The Kier molecular flexibility index (Phi) is 5.04. The lowest BCUT2D eigenvalue weighted by atomic mass is 9.88. The van der Waals surface area contributed by atoms with Crippen molar-refractivity contribution in [2.24, 2.45) is 10.9 Å². The largest absolute Gasteiger partial charge is 0.468 e. The van der Waals surface area contributed by atoms with Crippen LogP contribution in [0.2, 0.25) is 0 Å². The molecule has 0 spiro atoms. The van der Waals surface area contributed by atoms with E-state index in [1.807, 2.05) is 0 Å². The molecule has 3 rings (SSSR count). The zero-order valence-electron chi connectivity index (χ0n) is 13.5. The molecule has 0 aromatic heterocycles. The predicted octanol–water partition coefficient (Wildman–Crippen LogP) is 5.04. The van der Waals surface area contributed by atoms with Crippen molar-refractivity contribution >= 4 is 39.0 Å². The lowest BCUT2D eigenvalue weighted by molar-refractivity contribution is -0.145. The van der Waals surface area contributed by atoms with Crippen molar-refractivity contribution < 1.29 is 22.7 Å². The summed E-state index contributed by atoms with van der Waals surface area (Å²) in [6.07, 6.45) is -4.79. The van der Waals surface area contributed by atoms with E-state index in [1.54, 1.807) is 42.5 Å². The summed E-state index contributed by atoms with van der Waals surface area (Å²) in [6, 6.07) is 12.1. The Morgan fingerprint density at radius 1 is 1.15 bits per heavy atom. The van der Waals surface area contributed by atoms with E-state index in [1.165, 1.54) is 6.07 Å². The highest BCUT2D eigenvalue weighted by Crippen LogP contribution is 2.42. The number of anilines is 1. The summed E-state index contributed by atoms with van der Waals surface area (Å²) in [4.78, 5) is 16.1. The topological polar surface area (TPSA) is 50.7 Å². The maximum atomic E-state index is 13.8. The molecule has 0 fully saturated rings. The first-order valence-electron chi connectivity index (χ1n) is 7.66. The third-order valence-corrected chi connectivity index (χ3v) is 4.79. The van der Waals surface area contributed by atoms with Crippen molar-refractivity contribution in [1.82, 2.24) is 0 Å². The molecule has 0 saturated heterocycles. The second-order valence-electron chi connectivity index (χ2n) is 5.66. The van der Waals surface area contributed by atoms with Gasteiger partial charge in [-0.2, -0.15) is 13.2 Å². The Balaban J connectivity index is 2.26. The number of benzene rings is 2. The number of nitrogens with one attached hydrogen (secondary N) is 1. The molecule has 0 bridgehead atoms. The number of halogens is 4. The minimum atomic E-state index is -4.79. The van der Waals surface area contributed by atoms with E-state index in [4.69, 9.17) is 0 Å². The number of methoxy groups -OCH3 is 1. The first-order valence-corrected chi connectivity index (χ1v) is 8.46. The molecule has 2 aromatic carbocycles. The average molecular weight is 427 g/mol. The molecule has 136 valence electrons. The van der Waals surface area contributed by atoms with Gasteiger partial charge >= 0.3 is 12.1 Å². The molecule has 0 radical (unpaired) electrons. The van der Waals surface area contributed by atoms with Gasteiger partial charge in [-0.15, -0.1) is 0 Å². The molecular formula is C18H14BrF3N2O2. The van der Waals surface area contributed by atoms with Crippen LogP contribution in [0, 0.1) is 5.92 Å². The van der Waals surface area contributed by atoms with Gasteiger partial charge in [0.1, 0.15) is 11.6 Å². The summed E-state index contributed by atoms with van der Waals surface area (Å²) in [6.45, 7) is 0. The van der Waals surface area contributed by atoms with E-state index in [0.29, 0.717) is 15.7 Å². The van der Waals surface area contributed by atoms with E-state index < -0.39 is 29.8 Å². The van der Waals surface area contributed by atoms with Gasteiger partial charge in [-0.1, -0.05) is 46.3 Å². The van der Waals surface area contributed by atoms with Crippen LogP contribution in [-0.2, 0) is 9.53 Å². The standard InChI is InChI=1S/C18H14BrF3N2O2/c1-26-17(25)14-15(10-6-2-3-7-11(10)19)23-12-8-4-5-9-13(12)24-16(14)18(20,21)22/h2-9,14-15,23H,1H3/t14-,15+/m1/s1. The summed E-state index contributed by atoms with van der Waals surface area (Å²) < 4.78 is 46.6. The Hall–Kier alpha value is -2.35. The number of fused-ring (bicyclic) bond motifs is 1. The SMILES string of the molecule is COC(=O)[C@H]1C(C(F)(F)F)=Nc2ccccc2N[C@H]1c1ccccc1Br. The van der Waals surface area contributed by atoms with Gasteiger partial charge in [0.2, 0.25) is 0 Å². The van der Waals surface area contributed by atoms with Gasteiger partial charge in [0.05, 0.1) is 24.5 Å². The van der Waals surface area contributed by atoms with Gasteiger partial charge in [-0.05, 0) is 23.8 Å². The fourth-order valence-corrected chi connectivity index (χ4v) is 3.43. The van der Waals surface area contributed by atoms with Crippen LogP contribution in [0.1, 0.15) is 11.6 Å². The highest BCUT2D eigenvalue weighted by Gasteiger charge is 2.49. The number of carbonyl (C=O) groups excluding carboxylic acids is 1. The van der Waals surface area contributed by atoms with Crippen LogP contribution >= 0.6 is 15.9 Å². The van der Waals surface area contributed by atoms with E-state index in [-0.39, 0.29) is 5.69 Å². The molecule has 1 N–H and O–H groups in total. The normalized spacial score (nSPS) is 19.7. The molecule has 0 amide bonds. The van der Waals surface area contributed by atoms with Crippen molar-refractivity contribution in [3.05, 3.63) is 58.6 Å². The fraction of sp³-hybridized carbons (Fsp3) is 0.222. The Morgan fingerprint density at radius 3 is 2.46 bits per heavy atom. The van der Waals surface area contributed by atoms with Gasteiger partial charge in [-0.3, -0.25) is 4.79 Å². The molecule has 1 aliphatic rings. The minimum absolute atomic E-state index is 0.114. The Morgan fingerprint density at radius 2 is 1.81 bits per heavy atom. The number of alkyl halides is 3. The molecule has 0 unspecified atom stereocenters. The number of hydrogen-bond acceptors (Lipinski definition) is 4. The second kappa shape index (κ2) is 7.11. The smallest absolute Gasteiger partial charge is 0.430 e. The van der Waals surface area contributed by atoms with E-state index in [0.717, 1.165) is 7.11 Å². The van der Waals surface area contributed by atoms with Crippen LogP contribution in [0.25, 0.3) is 0 Å². The third-order valence-electron chi connectivity index (χ3n) is 4.07. The van der Waals surface area contributed by atoms with Crippen LogP contribution < -0.4 is 5.32 Å². The van der Waals surface area contributed by atoms with Gasteiger partial charge in [-0.25, -0.2) is 4.99 Å². The van der Waals surface area contributed by atoms with E-state index >= 15 is 0 Å². The summed E-state index contributed by atoms with van der Waals surface area (Å²) in [5.74, 6) is -2.67. The summed E-state index contributed by atoms with van der Waals surface area (Å²) in [5, 5.41) is 3.04. The minimum Gasteiger partial charge on any atom is -0.468 e.